The molecular formula is C15H15N3O2. The van der Waals surface area contributed by atoms with Crippen molar-refractivity contribution in [2.24, 2.45) is 0 Å². The number of hydrogen-bond acceptors (Lipinski definition) is 2. The van der Waals surface area contributed by atoms with Crippen molar-refractivity contribution in [2.75, 3.05) is 0 Å². The number of imide groups is 1. The van der Waals surface area contributed by atoms with Gasteiger partial charge in [-0.1, -0.05) is 23.8 Å². The van der Waals surface area contributed by atoms with Gasteiger partial charge in [-0.25, -0.2) is 4.79 Å². The molecule has 0 radical (unpaired) electrons. The minimum atomic E-state index is -1.08. The molecule has 1 fully saturated rings. The molecule has 1 aromatic heterocycles. The Kier molecular flexibility index (Phi) is 2.64. The van der Waals surface area contributed by atoms with E-state index in [-0.39, 0.29) is 5.91 Å². The summed E-state index contributed by atoms with van der Waals surface area (Å²) in [5, 5.41) is 6.01. The third kappa shape index (κ3) is 1.71. The number of nitrogens with one attached hydrogen (secondary N) is 3. The maximum Gasteiger partial charge on any atom is 0.322 e. The molecule has 2 heterocycles. The van der Waals surface area contributed by atoms with Crippen LogP contribution < -0.4 is 10.6 Å². The molecular weight excluding hydrogens is 254 g/mol. The first kappa shape index (κ1) is 12.5. The lowest BCUT2D eigenvalue weighted by Crippen LogP contribution is -2.43. The number of aromatic nitrogens is 1. The number of amides is 3. The highest BCUT2D eigenvalue weighted by atomic mass is 16.2. The van der Waals surface area contributed by atoms with Crippen LogP contribution >= 0.6 is 0 Å². The van der Waals surface area contributed by atoms with Gasteiger partial charge in [-0.3, -0.25) is 10.1 Å². The van der Waals surface area contributed by atoms with Gasteiger partial charge < -0.3 is 10.3 Å². The molecule has 1 saturated heterocycles. The van der Waals surface area contributed by atoms with Crippen LogP contribution in [0.15, 0.2) is 42.6 Å². The second-order valence-corrected chi connectivity index (χ2v) is 5.20. The van der Waals surface area contributed by atoms with Crippen molar-refractivity contribution in [3.8, 4) is 0 Å². The van der Waals surface area contributed by atoms with Crippen molar-refractivity contribution in [2.45, 2.75) is 18.9 Å². The Morgan fingerprint density at radius 1 is 1.30 bits per heavy atom. The molecule has 3 rings (SSSR count). The molecule has 20 heavy (non-hydrogen) atoms. The first-order valence-corrected chi connectivity index (χ1v) is 6.37. The molecule has 102 valence electrons. The number of carbonyl (C=O) groups excluding carboxylic acids is 2. The van der Waals surface area contributed by atoms with Gasteiger partial charge in [0.05, 0.1) is 0 Å². The Balaban J connectivity index is 2.22. The minimum Gasteiger partial charge on any atom is -0.361 e. The fourth-order valence-electron chi connectivity index (χ4n) is 2.78. The van der Waals surface area contributed by atoms with E-state index in [1.807, 2.05) is 31.2 Å². The monoisotopic (exact) mass is 269 g/mol. The van der Waals surface area contributed by atoms with Crippen LogP contribution in [0.1, 0.15) is 18.9 Å². The Morgan fingerprint density at radius 2 is 2.05 bits per heavy atom. The molecule has 1 atom stereocenters. The lowest BCUT2D eigenvalue weighted by atomic mass is 9.84. The van der Waals surface area contributed by atoms with Gasteiger partial charge in [-0.15, -0.1) is 6.58 Å². The van der Waals surface area contributed by atoms with E-state index >= 15 is 0 Å². The van der Waals surface area contributed by atoms with Crippen molar-refractivity contribution in [1.29, 1.82) is 0 Å². The Hall–Kier alpha value is -2.56. The van der Waals surface area contributed by atoms with Crippen LogP contribution in [0.2, 0.25) is 0 Å². The normalized spacial score (nSPS) is 21.9. The molecule has 1 unspecified atom stereocenters. The molecule has 1 aromatic carbocycles. The number of aromatic amines is 1. The molecule has 0 bridgehead atoms. The summed E-state index contributed by atoms with van der Waals surface area (Å²) in [5.41, 5.74) is 1.44. The van der Waals surface area contributed by atoms with Gasteiger partial charge in [0, 0.05) is 29.1 Å². The average Bonchev–Trinajstić information content (AvgIpc) is 2.91. The van der Waals surface area contributed by atoms with Gasteiger partial charge in [0.25, 0.3) is 5.91 Å². The molecule has 2 aromatic rings. The second kappa shape index (κ2) is 4.23. The zero-order chi connectivity index (χ0) is 14.3. The Bertz CT molecular complexity index is 732. The zero-order valence-corrected chi connectivity index (χ0v) is 11.1. The Labute approximate surface area is 116 Å². The fraction of sp³-hybridized carbons (Fsp3) is 0.200. The maximum atomic E-state index is 12.3. The van der Waals surface area contributed by atoms with Crippen LogP contribution in [0.4, 0.5) is 4.79 Å². The van der Waals surface area contributed by atoms with Crippen molar-refractivity contribution < 1.29 is 9.59 Å². The lowest BCUT2D eigenvalue weighted by Gasteiger charge is -2.26. The average molecular weight is 269 g/mol. The third-order valence-corrected chi connectivity index (χ3v) is 3.56. The summed E-state index contributed by atoms with van der Waals surface area (Å²) in [7, 11) is 0. The molecule has 5 heteroatoms. The van der Waals surface area contributed by atoms with Gasteiger partial charge in [0.15, 0.2) is 5.54 Å². The standard InChI is InChI=1S/C15H15N3O2/c1-9(2)7-15(13(19)17-14(20)18-15)11-8-16-12-6-4-3-5-10(11)12/h3-6,8,16H,1,7H2,2H3,(H2,17,18,19,20). The largest absolute Gasteiger partial charge is 0.361 e. The van der Waals surface area contributed by atoms with E-state index in [4.69, 9.17) is 0 Å². The second-order valence-electron chi connectivity index (χ2n) is 5.20. The minimum absolute atomic E-state index is 0.338. The molecule has 0 aliphatic carbocycles. The van der Waals surface area contributed by atoms with Gasteiger partial charge in [0.1, 0.15) is 0 Å². The molecule has 3 N–H and O–H groups in total. The van der Waals surface area contributed by atoms with Crippen molar-refractivity contribution in [1.82, 2.24) is 15.6 Å². The molecule has 0 saturated carbocycles. The predicted molar refractivity (Wildman–Crippen MR) is 76.1 cm³/mol. The van der Waals surface area contributed by atoms with Gasteiger partial charge in [-0.2, -0.15) is 0 Å². The zero-order valence-electron chi connectivity index (χ0n) is 11.1. The van der Waals surface area contributed by atoms with E-state index in [9.17, 15) is 9.59 Å². The van der Waals surface area contributed by atoms with Crippen molar-refractivity contribution in [3.05, 3.63) is 48.2 Å². The number of rotatable bonds is 3. The van der Waals surface area contributed by atoms with E-state index in [1.165, 1.54) is 0 Å². The summed E-state index contributed by atoms with van der Waals surface area (Å²) in [4.78, 5) is 27.1. The summed E-state index contributed by atoms with van der Waals surface area (Å²) in [6.45, 7) is 5.71. The quantitative estimate of drug-likeness (QED) is 0.590. The number of fused-ring (bicyclic) bond motifs is 1. The van der Waals surface area contributed by atoms with Gasteiger partial charge in [0.2, 0.25) is 0 Å². The highest BCUT2D eigenvalue weighted by Crippen LogP contribution is 2.35. The van der Waals surface area contributed by atoms with E-state index < -0.39 is 11.6 Å². The van der Waals surface area contributed by atoms with Crippen molar-refractivity contribution in [3.63, 3.8) is 0 Å². The summed E-state index contributed by atoms with van der Waals surface area (Å²) >= 11 is 0. The van der Waals surface area contributed by atoms with Crippen LogP contribution in [0, 0.1) is 0 Å². The summed E-state index contributed by atoms with van der Waals surface area (Å²) in [6, 6.07) is 7.21. The first-order valence-electron chi connectivity index (χ1n) is 6.37. The lowest BCUT2D eigenvalue weighted by molar-refractivity contribution is -0.124. The maximum absolute atomic E-state index is 12.3. The van der Waals surface area contributed by atoms with E-state index in [0.717, 1.165) is 22.0 Å². The number of hydrogen-bond donors (Lipinski definition) is 3. The highest BCUT2D eigenvalue weighted by Gasteiger charge is 2.48. The van der Waals surface area contributed by atoms with Crippen LogP contribution in [0.5, 0.6) is 0 Å². The first-order chi connectivity index (χ1) is 9.53. The summed E-state index contributed by atoms with van der Waals surface area (Å²) < 4.78 is 0. The number of benzene rings is 1. The fourth-order valence-corrected chi connectivity index (χ4v) is 2.78. The van der Waals surface area contributed by atoms with Gasteiger partial charge >= 0.3 is 6.03 Å². The Morgan fingerprint density at radius 3 is 2.70 bits per heavy atom. The SMILES string of the molecule is C=C(C)CC1(c2c[nH]c3ccccc23)NC(=O)NC1=O. The number of H-pyrrole nitrogens is 1. The van der Waals surface area contributed by atoms with Crippen LogP contribution in [-0.4, -0.2) is 16.9 Å². The molecule has 1 aliphatic heterocycles. The molecule has 3 amide bonds. The number of para-hydroxylation sites is 1. The number of urea groups is 1. The van der Waals surface area contributed by atoms with Crippen LogP contribution in [-0.2, 0) is 10.3 Å². The molecule has 1 aliphatic rings. The van der Waals surface area contributed by atoms with Crippen molar-refractivity contribution >= 4 is 22.8 Å². The molecule has 0 spiro atoms. The van der Waals surface area contributed by atoms with E-state index in [1.54, 1.807) is 6.20 Å². The van der Waals surface area contributed by atoms with E-state index in [2.05, 4.69) is 22.2 Å². The summed E-state index contributed by atoms with van der Waals surface area (Å²) in [6.07, 6.45) is 2.14. The molecule has 5 nitrogen and oxygen atoms in total. The van der Waals surface area contributed by atoms with E-state index in [0.29, 0.717) is 6.42 Å². The third-order valence-electron chi connectivity index (χ3n) is 3.56. The topological polar surface area (TPSA) is 74.0 Å². The predicted octanol–water partition coefficient (Wildman–Crippen LogP) is 2.17. The smallest absolute Gasteiger partial charge is 0.322 e. The number of carbonyl (C=O) groups is 2. The van der Waals surface area contributed by atoms with Crippen LogP contribution in [0.3, 0.4) is 0 Å². The highest BCUT2D eigenvalue weighted by molar-refractivity contribution is 6.09. The summed E-state index contributed by atoms with van der Waals surface area (Å²) in [5.74, 6) is -0.338. The van der Waals surface area contributed by atoms with Gasteiger partial charge in [-0.05, 0) is 13.0 Å². The van der Waals surface area contributed by atoms with Crippen LogP contribution in [0.25, 0.3) is 10.9 Å².